The molecule has 0 unspecified atom stereocenters. The van der Waals surface area contributed by atoms with E-state index in [0.717, 1.165) is 41.8 Å². The molecule has 1 aromatic carbocycles. The molecule has 1 heterocycles. The maximum atomic E-state index is 10.7. The first-order chi connectivity index (χ1) is 9.41. The fraction of sp³-hybridized carbons (Fsp3) is 0.588. The second kappa shape index (κ2) is 5.47. The van der Waals surface area contributed by atoms with Gasteiger partial charge in [-0.3, -0.25) is 0 Å². The van der Waals surface area contributed by atoms with Gasteiger partial charge in [0.1, 0.15) is 23.4 Å². The molecule has 0 aromatic heterocycles. The Kier molecular flexibility index (Phi) is 4.07. The number of methoxy groups -OCH3 is 1. The number of rotatable bonds is 4. The van der Waals surface area contributed by atoms with Gasteiger partial charge in [-0.1, -0.05) is 0 Å². The standard InChI is InChI=1S/C17H24O3/c1-11-13(7-6-10-18)16-14(12(2)15(11)19-5)8-9-17(3,4)20-16/h10H,6-9H2,1-5H3. The Bertz CT molecular complexity index is 530. The van der Waals surface area contributed by atoms with Crippen molar-refractivity contribution in [3.63, 3.8) is 0 Å². The zero-order valence-electron chi connectivity index (χ0n) is 13.1. The maximum absolute atomic E-state index is 10.7. The van der Waals surface area contributed by atoms with Crippen molar-refractivity contribution in [1.29, 1.82) is 0 Å². The number of carbonyl (C=O) groups excluding carboxylic acids is 1. The summed E-state index contributed by atoms with van der Waals surface area (Å²) in [5.74, 6) is 1.92. The van der Waals surface area contributed by atoms with Gasteiger partial charge in [-0.15, -0.1) is 0 Å². The largest absolute Gasteiger partial charge is 0.496 e. The summed E-state index contributed by atoms with van der Waals surface area (Å²) in [5, 5.41) is 0. The second-order valence-corrected chi connectivity index (χ2v) is 6.14. The quantitative estimate of drug-likeness (QED) is 0.789. The average molecular weight is 276 g/mol. The van der Waals surface area contributed by atoms with Crippen LogP contribution in [0.5, 0.6) is 11.5 Å². The third-order valence-electron chi connectivity index (χ3n) is 4.21. The van der Waals surface area contributed by atoms with Gasteiger partial charge in [0.25, 0.3) is 0 Å². The van der Waals surface area contributed by atoms with E-state index in [-0.39, 0.29) is 5.60 Å². The van der Waals surface area contributed by atoms with Crippen LogP contribution in [0.4, 0.5) is 0 Å². The Balaban J connectivity index is 2.61. The van der Waals surface area contributed by atoms with Gasteiger partial charge in [0, 0.05) is 17.5 Å². The Hall–Kier alpha value is -1.51. The van der Waals surface area contributed by atoms with Gasteiger partial charge in [0.2, 0.25) is 0 Å². The van der Waals surface area contributed by atoms with Crippen molar-refractivity contribution in [2.45, 2.75) is 59.0 Å². The van der Waals surface area contributed by atoms with E-state index in [4.69, 9.17) is 9.47 Å². The molecule has 0 fully saturated rings. The highest BCUT2D eigenvalue weighted by Gasteiger charge is 2.31. The molecule has 2 rings (SSSR count). The predicted octanol–water partition coefficient (Wildman–Crippen LogP) is 3.55. The van der Waals surface area contributed by atoms with Crippen LogP contribution >= 0.6 is 0 Å². The molecule has 1 aromatic rings. The molecular formula is C17H24O3. The number of hydrogen-bond acceptors (Lipinski definition) is 3. The van der Waals surface area contributed by atoms with Gasteiger partial charge in [-0.05, 0) is 58.1 Å². The molecule has 0 saturated carbocycles. The third-order valence-corrected chi connectivity index (χ3v) is 4.21. The Morgan fingerprint density at radius 3 is 2.60 bits per heavy atom. The molecule has 0 saturated heterocycles. The summed E-state index contributed by atoms with van der Waals surface area (Å²) in [5.41, 5.74) is 4.50. The fourth-order valence-electron chi connectivity index (χ4n) is 3.07. The number of hydrogen-bond donors (Lipinski definition) is 0. The van der Waals surface area contributed by atoms with E-state index in [1.165, 1.54) is 11.1 Å². The summed E-state index contributed by atoms with van der Waals surface area (Å²) in [6.45, 7) is 8.38. The highest BCUT2D eigenvalue weighted by Crippen LogP contribution is 2.44. The first-order valence-corrected chi connectivity index (χ1v) is 7.23. The van der Waals surface area contributed by atoms with E-state index in [2.05, 4.69) is 27.7 Å². The Morgan fingerprint density at radius 2 is 2.00 bits per heavy atom. The lowest BCUT2D eigenvalue weighted by Crippen LogP contribution is -2.33. The Labute approximate surface area is 121 Å². The lowest BCUT2D eigenvalue weighted by Gasteiger charge is -2.36. The van der Waals surface area contributed by atoms with Crippen molar-refractivity contribution >= 4 is 6.29 Å². The van der Waals surface area contributed by atoms with Gasteiger partial charge in [0.05, 0.1) is 7.11 Å². The van der Waals surface area contributed by atoms with Gasteiger partial charge in [-0.2, -0.15) is 0 Å². The second-order valence-electron chi connectivity index (χ2n) is 6.14. The molecule has 0 amide bonds. The van der Waals surface area contributed by atoms with Gasteiger partial charge in [0.15, 0.2) is 0 Å². The summed E-state index contributed by atoms with van der Waals surface area (Å²) >= 11 is 0. The van der Waals surface area contributed by atoms with Crippen molar-refractivity contribution < 1.29 is 14.3 Å². The maximum Gasteiger partial charge on any atom is 0.127 e. The lowest BCUT2D eigenvalue weighted by atomic mass is 9.86. The first kappa shape index (κ1) is 14.9. The number of aldehydes is 1. The van der Waals surface area contributed by atoms with Crippen LogP contribution in [0, 0.1) is 13.8 Å². The van der Waals surface area contributed by atoms with E-state index < -0.39 is 0 Å². The van der Waals surface area contributed by atoms with E-state index in [9.17, 15) is 4.79 Å². The predicted molar refractivity (Wildman–Crippen MR) is 79.9 cm³/mol. The Morgan fingerprint density at radius 1 is 1.30 bits per heavy atom. The van der Waals surface area contributed by atoms with Crippen LogP contribution in [0.25, 0.3) is 0 Å². The molecule has 1 aliphatic rings. The zero-order valence-corrected chi connectivity index (χ0v) is 13.1. The van der Waals surface area contributed by atoms with Crippen LogP contribution in [0.1, 0.15) is 48.9 Å². The monoisotopic (exact) mass is 276 g/mol. The summed E-state index contributed by atoms with van der Waals surface area (Å²) < 4.78 is 11.8. The summed E-state index contributed by atoms with van der Waals surface area (Å²) in [6.07, 6.45) is 4.19. The molecule has 0 bridgehead atoms. The average Bonchev–Trinajstić information content (AvgIpc) is 2.38. The minimum Gasteiger partial charge on any atom is -0.496 e. The summed E-state index contributed by atoms with van der Waals surface area (Å²) in [4.78, 5) is 10.7. The molecule has 20 heavy (non-hydrogen) atoms. The molecule has 0 atom stereocenters. The van der Waals surface area contributed by atoms with Crippen LogP contribution in [-0.2, 0) is 17.6 Å². The van der Waals surface area contributed by atoms with Crippen molar-refractivity contribution in [2.24, 2.45) is 0 Å². The first-order valence-electron chi connectivity index (χ1n) is 7.23. The number of carbonyl (C=O) groups is 1. The highest BCUT2D eigenvalue weighted by molar-refractivity contribution is 5.61. The van der Waals surface area contributed by atoms with Gasteiger partial charge < -0.3 is 14.3 Å². The molecule has 0 N–H and O–H groups in total. The molecule has 1 aliphatic heterocycles. The summed E-state index contributed by atoms with van der Waals surface area (Å²) in [7, 11) is 1.71. The number of ether oxygens (including phenoxy) is 2. The van der Waals surface area contributed by atoms with Gasteiger partial charge >= 0.3 is 0 Å². The van der Waals surface area contributed by atoms with E-state index in [0.29, 0.717) is 12.8 Å². The topological polar surface area (TPSA) is 35.5 Å². The van der Waals surface area contributed by atoms with E-state index >= 15 is 0 Å². The SMILES string of the molecule is COc1c(C)c(CCC=O)c2c(c1C)CCC(C)(C)O2. The zero-order chi connectivity index (χ0) is 14.9. The van der Waals surface area contributed by atoms with Crippen molar-refractivity contribution in [1.82, 2.24) is 0 Å². The van der Waals surface area contributed by atoms with E-state index in [1.807, 2.05) is 0 Å². The van der Waals surface area contributed by atoms with Gasteiger partial charge in [-0.25, -0.2) is 0 Å². The molecule has 0 spiro atoms. The molecule has 3 nitrogen and oxygen atoms in total. The number of benzene rings is 1. The van der Waals surface area contributed by atoms with Crippen molar-refractivity contribution in [2.75, 3.05) is 7.11 Å². The smallest absolute Gasteiger partial charge is 0.127 e. The van der Waals surface area contributed by atoms with E-state index in [1.54, 1.807) is 7.11 Å². The third kappa shape index (κ3) is 2.54. The normalized spacial score (nSPS) is 16.2. The molecular weight excluding hydrogens is 252 g/mol. The van der Waals surface area contributed by atoms with Crippen LogP contribution in [-0.4, -0.2) is 19.0 Å². The molecule has 110 valence electrons. The van der Waals surface area contributed by atoms with Crippen molar-refractivity contribution in [3.05, 3.63) is 22.3 Å². The van der Waals surface area contributed by atoms with Crippen LogP contribution in [0.15, 0.2) is 0 Å². The van der Waals surface area contributed by atoms with Crippen molar-refractivity contribution in [3.8, 4) is 11.5 Å². The van der Waals surface area contributed by atoms with Crippen LogP contribution in [0.2, 0.25) is 0 Å². The number of fused-ring (bicyclic) bond motifs is 1. The molecule has 3 heteroatoms. The fourth-order valence-corrected chi connectivity index (χ4v) is 3.07. The lowest BCUT2D eigenvalue weighted by molar-refractivity contribution is -0.107. The molecule has 0 aliphatic carbocycles. The van der Waals surface area contributed by atoms with Crippen LogP contribution < -0.4 is 9.47 Å². The summed E-state index contributed by atoms with van der Waals surface area (Å²) in [6, 6.07) is 0. The molecule has 0 radical (unpaired) electrons. The minimum absolute atomic E-state index is 0.142. The minimum atomic E-state index is -0.142. The van der Waals surface area contributed by atoms with Crippen LogP contribution in [0.3, 0.4) is 0 Å². The highest BCUT2D eigenvalue weighted by atomic mass is 16.5.